The maximum atomic E-state index is 5.70. The molecule has 0 saturated carbocycles. The van der Waals surface area contributed by atoms with E-state index in [9.17, 15) is 0 Å². The van der Waals surface area contributed by atoms with E-state index in [2.05, 4.69) is 32.3 Å². The van der Waals surface area contributed by atoms with Crippen molar-refractivity contribution in [3.63, 3.8) is 0 Å². The molecule has 1 aromatic heterocycles. The Hall–Kier alpha value is -1.13. The van der Waals surface area contributed by atoms with Crippen LogP contribution in [0.2, 0.25) is 0 Å². The first-order chi connectivity index (χ1) is 8.20. The van der Waals surface area contributed by atoms with Crippen molar-refractivity contribution in [2.24, 2.45) is 0 Å². The molecular weight excluding hydrogens is 280 g/mol. The van der Waals surface area contributed by atoms with E-state index in [1.807, 2.05) is 32.2 Å². The fraction of sp³-hybridized carbons (Fsp3) is 0.308. The van der Waals surface area contributed by atoms with E-state index in [0.717, 1.165) is 16.1 Å². The minimum atomic E-state index is 0.190. The molecule has 1 atom stereocenters. The second-order valence-electron chi connectivity index (χ2n) is 3.93. The zero-order chi connectivity index (χ0) is 12.3. The van der Waals surface area contributed by atoms with Gasteiger partial charge in [-0.2, -0.15) is 0 Å². The molecule has 0 bridgehead atoms. The molecule has 90 valence electrons. The number of nitrogens with one attached hydrogen (secondary N) is 1. The van der Waals surface area contributed by atoms with Crippen molar-refractivity contribution >= 4 is 15.9 Å². The summed E-state index contributed by atoms with van der Waals surface area (Å²) in [5.41, 5.74) is 1.18. The zero-order valence-corrected chi connectivity index (χ0v) is 11.5. The van der Waals surface area contributed by atoms with E-state index in [4.69, 9.17) is 4.42 Å². The van der Waals surface area contributed by atoms with Gasteiger partial charge in [0, 0.05) is 4.47 Å². The van der Waals surface area contributed by atoms with Crippen LogP contribution in [0.4, 0.5) is 0 Å². The monoisotopic (exact) mass is 294 g/mol. The van der Waals surface area contributed by atoms with Crippen LogP contribution in [-0.2, 0) is 6.42 Å². The highest BCUT2D eigenvalue weighted by Crippen LogP contribution is 2.20. The lowest BCUT2D eigenvalue weighted by atomic mass is 10.1. The Labute approximate surface area is 109 Å². The first-order valence-electron chi connectivity index (χ1n) is 5.56. The Morgan fingerprint density at radius 3 is 2.88 bits per heavy atom. The normalized spacial score (nSPS) is 12.6. The number of nitrogens with zero attached hydrogens (tertiary/aromatic N) is 1. The minimum Gasteiger partial charge on any atom is -0.444 e. The van der Waals surface area contributed by atoms with Crippen molar-refractivity contribution in [2.75, 3.05) is 7.05 Å². The molecule has 4 heteroatoms. The highest BCUT2D eigenvalue weighted by atomic mass is 79.9. The van der Waals surface area contributed by atoms with Crippen LogP contribution in [0.3, 0.4) is 0 Å². The highest BCUT2D eigenvalue weighted by Gasteiger charge is 2.10. The standard InChI is InChI=1S/C13H15BrN2O/c1-9(15-2)12-8-16-13(17-12)7-10-5-3-4-6-11(10)14/h3-6,8-9,15H,7H2,1-2H3. The van der Waals surface area contributed by atoms with Crippen LogP contribution in [0.1, 0.15) is 30.2 Å². The quantitative estimate of drug-likeness (QED) is 0.940. The van der Waals surface area contributed by atoms with Gasteiger partial charge in [-0.15, -0.1) is 0 Å². The zero-order valence-electron chi connectivity index (χ0n) is 9.90. The van der Waals surface area contributed by atoms with Crippen LogP contribution >= 0.6 is 15.9 Å². The summed E-state index contributed by atoms with van der Waals surface area (Å²) >= 11 is 3.52. The van der Waals surface area contributed by atoms with E-state index in [1.165, 1.54) is 5.56 Å². The number of benzene rings is 1. The summed E-state index contributed by atoms with van der Waals surface area (Å²) < 4.78 is 6.79. The summed E-state index contributed by atoms with van der Waals surface area (Å²) in [4.78, 5) is 4.29. The summed E-state index contributed by atoms with van der Waals surface area (Å²) in [6, 6.07) is 8.29. The van der Waals surface area contributed by atoms with Gasteiger partial charge in [-0.05, 0) is 25.6 Å². The molecule has 0 saturated heterocycles. The van der Waals surface area contributed by atoms with E-state index in [1.54, 1.807) is 6.20 Å². The Balaban J connectivity index is 2.14. The average molecular weight is 295 g/mol. The Morgan fingerprint density at radius 2 is 2.18 bits per heavy atom. The van der Waals surface area contributed by atoms with Gasteiger partial charge in [0.15, 0.2) is 5.89 Å². The molecule has 2 rings (SSSR count). The molecule has 3 nitrogen and oxygen atoms in total. The third kappa shape index (κ3) is 2.96. The fourth-order valence-electron chi connectivity index (χ4n) is 1.55. The van der Waals surface area contributed by atoms with Crippen LogP contribution < -0.4 is 5.32 Å². The van der Waals surface area contributed by atoms with Gasteiger partial charge >= 0.3 is 0 Å². The number of hydrogen-bond acceptors (Lipinski definition) is 3. The van der Waals surface area contributed by atoms with Crippen LogP contribution in [0.15, 0.2) is 39.4 Å². The van der Waals surface area contributed by atoms with Gasteiger partial charge in [-0.1, -0.05) is 34.1 Å². The smallest absolute Gasteiger partial charge is 0.198 e. The molecule has 0 fully saturated rings. The van der Waals surface area contributed by atoms with Gasteiger partial charge in [-0.3, -0.25) is 0 Å². The predicted octanol–water partition coefficient (Wildman–Crippen LogP) is 3.31. The first kappa shape index (κ1) is 12.3. The first-order valence-corrected chi connectivity index (χ1v) is 6.35. The maximum Gasteiger partial charge on any atom is 0.198 e. The molecule has 1 N–H and O–H groups in total. The fourth-order valence-corrected chi connectivity index (χ4v) is 1.98. The molecule has 1 unspecified atom stereocenters. The van der Waals surface area contributed by atoms with Crippen LogP contribution in [0.25, 0.3) is 0 Å². The third-order valence-corrected chi connectivity index (χ3v) is 3.50. The van der Waals surface area contributed by atoms with Gasteiger partial charge < -0.3 is 9.73 Å². The van der Waals surface area contributed by atoms with Crippen LogP contribution in [0.5, 0.6) is 0 Å². The van der Waals surface area contributed by atoms with Gasteiger partial charge in [-0.25, -0.2) is 4.98 Å². The van der Waals surface area contributed by atoms with E-state index in [-0.39, 0.29) is 6.04 Å². The number of halogens is 1. The molecule has 1 aromatic carbocycles. The van der Waals surface area contributed by atoms with E-state index < -0.39 is 0 Å². The van der Waals surface area contributed by atoms with Gasteiger partial charge in [0.1, 0.15) is 5.76 Å². The second kappa shape index (κ2) is 5.47. The van der Waals surface area contributed by atoms with Crippen molar-refractivity contribution in [1.29, 1.82) is 0 Å². The van der Waals surface area contributed by atoms with E-state index >= 15 is 0 Å². The van der Waals surface area contributed by atoms with Crippen molar-refractivity contribution in [3.05, 3.63) is 52.1 Å². The molecular formula is C13H15BrN2O. The Morgan fingerprint density at radius 1 is 1.41 bits per heavy atom. The average Bonchev–Trinajstić information content (AvgIpc) is 2.80. The lowest BCUT2D eigenvalue weighted by Crippen LogP contribution is -2.11. The molecule has 0 spiro atoms. The van der Waals surface area contributed by atoms with Crippen LogP contribution in [0, 0.1) is 0 Å². The van der Waals surface area contributed by atoms with Crippen molar-refractivity contribution < 1.29 is 4.42 Å². The lowest BCUT2D eigenvalue weighted by Gasteiger charge is -2.04. The second-order valence-corrected chi connectivity index (χ2v) is 4.79. The number of hydrogen-bond donors (Lipinski definition) is 1. The van der Waals surface area contributed by atoms with Crippen LogP contribution in [-0.4, -0.2) is 12.0 Å². The maximum absolute atomic E-state index is 5.70. The molecule has 0 aliphatic rings. The number of oxazole rings is 1. The highest BCUT2D eigenvalue weighted by molar-refractivity contribution is 9.10. The molecule has 17 heavy (non-hydrogen) atoms. The molecule has 0 aliphatic carbocycles. The van der Waals surface area contributed by atoms with Crippen molar-refractivity contribution in [3.8, 4) is 0 Å². The summed E-state index contributed by atoms with van der Waals surface area (Å²) in [7, 11) is 1.90. The summed E-state index contributed by atoms with van der Waals surface area (Å²) in [6.45, 7) is 2.04. The van der Waals surface area contributed by atoms with Crippen molar-refractivity contribution in [1.82, 2.24) is 10.3 Å². The minimum absolute atomic E-state index is 0.190. The lowest BCUT2D eigenvalue weighted by molar-refractivity contribution is 0.419. The van der Waals surface area contributed by atoms with E-state index in [0.29, 0.717) is 6.42 Å². The van der Waals surface area contributed by atoms with Gasteiger partial charge in [0.25, 0.3) is 0 Å². The molecule has 1 heterocycles. The predicted molar refractivity (Wildman–Crippen MR) is 70.9 cm³/mol. The summed E-state index contributed by atoms with van der Waals surface area (Å²) in [5.74, 6) is 1.61. The molecule has 0 amide bonds. The largest absolute Gasteiger partial charge is 0.444 e. The molecule has 0 aliphatic heterocycles. The topological polar surface area (TPSA) is 38.1 Å². The summed E-state index contributed by atoms with van der Waals surface area (Å²) in [5, 5.41) is 3.13. The molecule has 2 aromatic rings. The Bertz CT molecular complexity index is 496. The Kier molecular flexibility index (Phi) is 3.97. The number of rotatable bonds is 4. The van der Waals surface area contributed by atoms with Gasteiger partial charge in [0.05, 0.1) is 18.7 Å². The summed E-state index contributed by atoms with van der Waals surface area (Å²) in [6.07, 6.45) is 2.49. The molecule has 0 radical (unpaired) electrons. The van der Waals surface area contributed by atoms with Gasteiger partial charge in [0.2, 0.25) is 0 Å². The third-order valence-electron chi connectivity index (χ3n) is 2.73. The number of aromatic nitrogens is 1. The van der Waals surface area contributed by atoms with Crippen molar-refractivity contribution in [2.45, 2.75) is 19.4 Å². The SMILES string of the molecule is CNC(C)c1cnc(Cc2ccccc2Br)o1.